The molecule has 0 aliphatic heterocycles. The molecule has 0 bridgehead atoms. The van der Waals surface area contributed by atoms with Gasteiger partial charge in [0.05, 0.1) is 12.3 Å². The third kappa shape index (κ3) is 4.84. The first kappa shape index (κ1) is 21.0. The highest BCUT2D eigenvalue weighted by Crippen LogP contribution is 2.16. The number of thioether (sulfide) groups is 1. The summed E-state index contributed by atoms with van der Waals surface area (Å²) in [7, 11) is 0. The van der Waals surface area contributed by atoms with Crippen LogP contribution in [0, 0.1) is 5.82 Å². The molecule has 0 unspecified atom stereocenters. The second kappa shape index (κ2) is 9.69. The Morgan fingerprint density at radius 3 is 2.72 bits per heavy atom. The molecule has 154 valence electrons. The molecule has 3 rings (SSSR count). The van der Waals surface area contributed by atoms with Crippen LogP contribution in [0.1, 0.15) is 32.3 Å². The largest absolute Gasteiger partial charge is 0.342 e. The lowest BCUT2D eigenvalue weighted by molar-refractivity contribution is -0.128. The molecule has 0 N–H and O–H groups in total. The van der Waals surface area contributed by atoms with Gasteiger partial charge in [0.15, 0.2) is 5.16 Å². The first-order valence-corrected chi connectivity index (χ1v) is 10.6. The maximum absolute atomic E-state index is 13.9. The van der Waals surface area contributed by atoms with Gasteiger partial charge in [-0.3, -0.25) is 14.0 Å². The van der Waals surface area contributed by atoms with E-state index in [2.05, 4.69) is 17.1 Å². The summed E-state index contributed by atoms with van der Waals surface area (Å²) in [6.45, 7) is 5.57. The third-order valence-corrected chi connectivity index (χ3v) is 5.58. The molecule has 7 nitrogen and oxygen atoms in total. The molecule has 0 saturated heterocycles. The summed E-state index contributed by atoms with van der Waals surface area (Å²) in [5, 5.41) is 8.52. The summed E-state index contributed by atoms with van der Waals surface area (Å²) < 4.78 is 16.8. The number of carbonyl (C=O) groups is 1. The molecule has 0 aliphatic rings. The van der Waals surface area contributed by atoms with Crippen molar-refractivity contribution in [2.75, 3.05) is 18.8 Å². The molecule has 9 heteroatoms. The Balaban J connectivity index is 1.75. The molecule has 29 heavy (non-hydrogen) atoms. The second-order valence-corrected chi connectivity index (χ2v) is 7.56. The number of hydrogen-bond acceptors (Lipinski definition) is 5. The van der Waals surface area contributed by atoms with Crippen LogP contribution in [0.15, 0.2) is 46.6 Å². The van der Waals surface area contributed by atoms with Crippen molar-refractivity contribution in [2.24, 2.45) is 0 Å². The maximum atomic E-state index is 13.9. The first-order valence-electron chi connectivity index (χ1n) is 9.63. The normalized spacial score (nSPS) is 11.1. The smallest absolute Gasteiger partial charge is 0.296 e. The summed E-state index contributed by atoms with van der Waals surface area (Å²) in [6, 6.07) is 6.34. The highest BCUT2D eigenvalue weighted by molar-refractivity contribution is 7.99. The third-order valence-electron chi connectivity index (χ3n) is 4.65. The van der Waals surface area contributed by atoms with E-state index in [1.807, 2.05) is 11.8 Å². The Bertz CT molecular complexity index is 1050. The lowest BCUT2D eigenvalue weighted by Gasteiger charge is -2.20. The van der Waals surface area contributed by atoms with Crippen molar-refractivity contribution >= 4 is 23.3 Å². The van der Waals surface area contributed by atoms with Crippen LogP contribution in [0.25, 0.3) is 5.65 Å². The summed E-state index contributed by atoms with van der Waals surface area (Å²) in [5.41, 5.74) is 0.210. The van der Waals surface area contributed by atoms with Crippen molar-refractivity contribution in [1.29, 1.82) is 0 Å². The zero-order valence-corrected chi connectivity index (χ0v) is 17.4. The topological polar surface area (TPSA) is 72.5 Å². The number of amides is 1. The molecule has 0 spiro atoms. The van der Waals surface area contributed by atoms with Crippen molar-refractivity contribution in [3.05, 3.63) is 58.4 Å². The average Bonchev–Trinajstić information content (AvgIpc) is 3.14. The fourth-order valence-corrected chi connectivity index (χ4v) is 3.78. The fraction of sp³-hybridized carbons (Fsp3) is 0.400. The van der Waals surface area contributed by atoms with Gasteiger partial charge in [-0.05, 0) is 19.4 Å². The minimum Gasteiger partial charge on any atom is -0.342 e. The van der Waals surface area contributed by atoms with Crippen LogP contribution in [0.3, 0.4) is 0 Å². The Kier molecular flexibility index (Phi) is 7.03. The Morgan fingerprint density at radius 1 is 1.21 bits per heavy atom. The van der Waals surface area contributed by atoms with Gasteiger partial charge in [-0.15, -0.1) is 10.2 Å². The summed E-state index contributed by atoms with van der Waals surface area (Å²) in [4.78, 5) is 26.9. The van der Waals surface area contributed by atoms with Crippen LogP contribution in [0.4, 0.5) is 4.39 Å². The Labute approximate surface area is 172 Å². The highest BCUT2D eigenvalue weighted by atomic mass is 32.2. The molecular weight excluding hydrogens is 393 g/mol. The summed E-state index contributed by atoms with van der Waals surface area (Å²) in [5.74, 6) is -0.0916. The zero-order valence-electron chi connectivity index (χ0n) is 16.5. The number of unbranched alkanes of at least 4 members (excludes halogenated alkanes) is 1. The van der Waals surface area contributed by atoms with E-state index in [0.29, 0.717) is 17.3 Å². The molecule has 2 aromatic heterocycles. The van der Waals surface area contributed by atoms with Crippen molar-refractivity contribution < 1.29 is 9.18 Å². The molecule has 1 aromatic carbocycles. The first-order chi connectivity index (χ1) is 14.0. The van der Waals surface area contributed by atoms with Crippen LogP contribution in [-0.4, -0.2) is 48.8 Å². The van der Waals surface area contributed by atoms with E-state index in [1.54, 1.807) is 35.0 Å². The predicted octanol–water partition coefficient (Wildman–Crippen LogP) is 2.82. The predicted molar refractivity (Wildman–Crippen MR) is 111 cm³/mol. The van der Waals surface area contributed by atoms with E-state index >= 15 is 0 Å². The Morgan fingerprint density at radius 2 is 2.00 bits per heavy atom. The number of benzene rings is 1. The number of aromatic nitrogens is 4. The van der Waals surface area contributed by atoms with Gasteiger partial charge in [0.2, 0.25) is 11.6 Å². The van der Waals surface area contributed by atoms with E-state index < -0.39 is 0 Å². The van der Waals surface area contributed by atoms with E-state index in [-0.39, 0.29) is 35.2 Å². The Hall–Kier alpha value is -2.68. The van der Waals surface area contributed by atoms with E-state index in [0.717, 1.165) is 19.4 Å². The van der Waals surface area contributed by atoms with Crippen LogP contribution < -0.4 is 5.56 Å². The van der Waals surface area contributed by atoms with Gasteiger partial charge in [-0.25, -0.2) is 4.39 Å². The number of hydrogen-bond donors (Lipinski definition) is 0. The number of halogens is 1. The van der Waals surface area contributed by atoms with Gasteiger partial charge in [0.1, 0.15) is 5.82 Å². The van der Waals surface area contributed by atoms with Crippen molar-refractivity contribution in [3.8, 4) is 0 Å². The van der Waals surface area contributed by atoms with Crippen molar-refractivity contribution in [2.45, 2.75) is 38.4 Å². The van der Waals surface area contributed by atoms with Gasteiger partial charge in [-0.2, -0.15) is 0 Å². The minimum atomic E-state index is -0.362. The van der Waals surface area contributed by atoms with Crippen molar-refractivity contribution in [1.82, 2.24) is 24.1 Å². The molecular formula is C20H24FN5O2S. The number of carbonyl (C=O) groups excluding carboxylic acids is 1. The molecule has 0 saturated carbocycles. The van der Waals surface area contributed by atoms with E-state index in [4.69, 9.17) is 0 Å². The maximum Gasteiger partial charge on any atom is 0.296 e. The van der Waals surface area contributed by atoms with Crippen LogP contribution in [0.2, 0.25) is 0 Å². The molecule has 1 amide bonds. The van der Waals surface area contributed by atoms with Crippen LogP contribution >= 0.6 is 11.8 Å². The minimum absolute atomic E-state index is 0.0376. The van der Waals surface area contributed by atoms with Gasteiger partial charge >= 0.3 is 0 Å². The molecule has 0 aliphatic carbocycles. The standard InChI is InChI=1S/C20H24FN5O2S/c1-3-5-10-24(4-2)17(27)14-29-20-23-22-18-19(28)25(11-12-26(18)20)13-15-8-6-7-9-16(15)21/h6-9,11-12H,3-5,10,13-14H2,1-2H3. The van der Waals surface area contributed by atoms with Gasteiger partial charge in [0, 0.05) is 31.0 Å². The number of nitrogens with zero attached hydrogens (tertiary/aromatic N) is 5. The van der Waals surface area contributed by atoms with Crippen LogP contribution in [-0.2, 0) is 11.3 Å². The molecule has 0 radical (unpaired) electrons. The molecule has 2 heterocycles. The zero-order chi connectivity index (χ0) is 20.8. The monoisotopic (exact) mass is 417 g/mol. The summed E-state index contributed by atoms with van der Waals surface area (Å²) in [6.07, 6.45) is 5.25. The molecule has 0 fully saturated rings. The SMILES string of the molecule is CCCCN(CC)C(=O)CSc1nnc2c(=O)n(Cc3ccccc3F)ccn12. The van der Waals surface area contributed by atoms with Gasteiger partial charge in [-0.1, -0.05) is 43.3 Å². The quantitative estimate of drug-likeness (QED) is 0.501. The summed E-state index contributed by atoms with van der Waals surface area (Å²) >= 11 is 1.25. The highest BCUT2D eigenvalue weighted by Gasteiger charge is 2.16. The van der Waals surface area contributed by atoms with Gasteiger partial charge < -0.3 is 9.47 Å². The lowest BCUT2D eigenvalue weighted by atomic mass is 10.2. The molecule has 0 atom stereocenters. The van der Waals surface area contributed by atoms with E-state index in [9.17, 15) is 14.0 Å². The van der Waals surface area contributed by atoms with Gasteiger partial charge in [0.25, 0.3) is 5.56 Å². The molecule has 3 aromatic rings. The lowest BCUT2D eigenvalue weighted by Crippen LogP contribution is -2.33. The van der Waals surface area contributed by atoms with Crippen molar-refractivity contribution in [3.63, 3.8) is 0 Å². The average molecular weight is 418 g/mol. The second-order valence-electron chi connectivity index (χ2n) is 6.61. The number of rotatable bonds is 9. The van der Waals surface area contributed by atoms with E-state index in [1.165, 1.54) is 22.4 Å². The van der Waals surface area contributed by atoms with Crippen LogP contribution in [0.5, 0.6) is 0 Å². The number of fused-ring (bicyclic) bond motifs is 1. The fourth-order valence-electron chi connectivity index (χ4n) is 2.96.